The zero-order valence-electron chi connectivity index (χ0n) is 12.4. The van der Waals surface area contributed by atoms with E-state index >= 15 is 0 Å². The van der Waals surface area contributed by atoms with Crippen LogP contribution in [-0.2, 0) is 10.3 Å². The lowest BCUT2D eigenvalue weighted by Gasteiger charge is -2.43. The van der Waals surface area contributed by atoms with Crippen molar-refractivity contribution < 1.29 is 4.79 Å². The van der Waals surface area contributed by atoms with Crippen LogP contribution in [0.15, 0.2) is 30.3 Å². The number of nitrogens with two attached hydrogens (primary N) is 2. The highest BCUT2D eigenvalue weighted by atomic mass is 16.1. The highest BCUT2D eigenvalue weighted by Crippen LogP contribution is 2.27. The average Bonchev–Trinajstić information content (AvgIpc) is 2.43. The average molecular weight is 275 g/mol. The van der Waals surface area contributed by atoms with Crippen LogP contribution in [0.5, 0.6) is 0 Å². The summed E-state index contributed by atoms with van der Waals surface area (Å²) in [7, 11) is 0. The minimum absolute atomic E-state index is 0.435. The lowest BCUT2D eigenvalue weighted by Crippen LogP contribution is -2.60. The van der Waals surface area contributed by atoms with E-state index in [-0.39, 0.29) is 0 Å². The molecule has 2 rings (SSSR count). The molecular formula is C16H25N3O. The molecule has 0 radical (unpaired) electrons. The Morgan fingerprint density at radius 2 is 1.80 bits per heavy atom. The molecular weight excluding hydrogens is 250 g/mol. The number of hydrogen-bond acceptors (Lipinski definition) is 3. The molecule has 0 saturated carbocycles. The van der Waals surface area contributed by atoms with Crippen molar-refractivity contribution >= 4 is 5.91 Å². The second kappa shape index (κ2) is 5.94. The van der Waals surface area contributed by atoms with Gasteiger partial charge in [-0.2, -0.15) is 0 Å². The van der Waals surface area contributed by atoms with Crippen LogP contribution >= 0.6 is 0 Å². The quantitative estimate of drug-likeness (QED) is 0.876. The first-order chi connectivity index (χ1) is 9.45. The summed E-state index contributed by atoms with van der Waals surface area (Å²) in [5.41, 5.74) is 11.7. The number of rotatable bonds is 4. The molecule has 1 aromatic carbocycles. The van der Waals surface area contributed by atoms with Crippen LogP contribution in [0.2, 0.25) is 0 Å². The third-order valence-corrected chi connectivity index (χ3v) is 4.54. The fourth-order valence-electron chi connectivity index (χ4n) is 3.12. The molecule has 4 N–H and O–H groups in total. The standard InChI is InChI=1S/C16H25N3O/c1-12-7-6-8-13(2)19(12)11-16(18,15(17)20)14-9-4-3-5-10-14/h3-5,9-10,12-13H,6-8,11,18H2,1-2H3,(H2,17,20). The second-order valence-corrected chi connectivity index (χ2v) is 6.00. The van der Waals surface area contributed by atoms with Crippen molar-refractivity contribution in [2.24, 2.45) is 11.5 Å². The summed E-state index contributed by atoms with van der Waals surface area (Å²) < 4.78 is 0. The van der Waals surface area contributed by atoms with Gasteiger partial charge in [-0.25, -0.2) is 0 Å². The Morgan fingerprint density at radius 1 is 1.25 bits per heavy atom. The number of primary amides is 1. The van der Waals surface area contributed by atoms with Crippen LogP contribution in [0.1, 0.15) is 38.7 Å². The molecule has 4 nitrogen and oxygen atoms in total. The topological polar surface area (TPSA) is 72.3 Å². The maximum atomic E-state index is 12.0. The van der Waals surface area contributed by atoms with Crippen molar-refractivity contribution in [3.63, 3.8) is 0 Å². The molecule has 1 aromatic rings. The molecule has 3 unspecified atom stereocenters. The normalized spacial score (nSPS) is 26.9. The molecule has 0 bridgehead atoms. The van der Waals surface area contributed by atoms with E-state index in [9.17, 15) is 4.79 Å². The van der Waals surface area contributed by atoms with Gasteiger partial charge in [0.2, 0.25) is 5.91 Å². The number of piperidine rings is 1. The van der Waals surface area contributed by atoms with Crippen LogP contribution in [0.3, 0.4) is 0 Å². The predicted molar refractivity (Wildman–Crippen MR) is 81.0 cm³/mol. The van der Waals surface area contributed by atoms with Gasteiger partial charge in [0.1, 0.15) is 5.54 Å². The van der Waals surface area contributed by atoms with Crippen molar-refractivity contribution in [1.82, 2.24) is 4.90 Å². The summed E-state index contributed by atoms with van der Waals surface area (Å²) in [6.45, 7) is 4.87. The Hall–Kier alpha value is -1.39. The highest BCUT2D eigenvalue weighted by Gasteiger charge is 2.39. The van der Waals surface area contributed by atoms with E-state index in [1.165, 1.54) is 6.42 Å². The Labute approximate surface area is 121 Å². The highest BCUT2D eigenvalue weighted by molar-refractivity contribution is 5.86. The van der Waals surface area contributed by atoms with Gasteiger partial charge < -0.3 is 11.5 Å². The minimum atomic E-state index is -1.12. The minimum Gasteiger partial charge on any atom is -0.368 e. The molecule has 4 heteroatoms. The number of carbonyl (C=O) groups excluding carboxylic acids is 1. The summed E-state index contributed by atoms with van der Waals surface area (Å²) in [6.07, 6.45) is 3.53. The molecule has 0 aliphatic carbocycles. The first kappa shape index (κ1) is 15.0. The molecule has 110 valence electrons. The Morgan fingerprint density at radius 3 is 2.30 bits per heavy atom. The number of nitrogens with zero attached hydrogens (tertiary/aromatic N) is 1. The number of hydrogen-bond donors (Lipinski definition) is 2. The first-order valence-electron chi connectivity index (χ1n) is 7.35. The lowest BCUT2D eigenvalue weighted by atomic mass is 9.87. The van der Waals surface area contributed by atoms with Gasteiger partial charge >= 0.3 is 0 Å². The van der Waals surface area contributed by atoms with Gasteiger partial charge in [-0.05, 0) is 32.3 Å². The van der Waals surface area contributed by atoms with E-state index in [1.807, 2.05) is 30.3 Å². The van der Waals surface area contributed by atoms with Crippen LogP contribution in [-0.4, -0.2) is 29.4 Å². The molecule has 1 fully saturated rings. The van der Waals surface area contributed by atoms with E-state index in [1.54, 1.807) is 0 Å². The van der Waals surface area contributed by atoms with E-state index in [0.29, 0.717) is 18.6 Å². The fourth-order valence-corrected chi connectivity index (χ4v) is 3.12. The number of carbonyl (C=O) groups is 1. The monoisotopic (exact) mass is 275 g/mol. The zero-order valence-corrected chi connectivity index (χ0v) is 12.4. The van der Waals surface area contributed by atoms with Crippen molar-refractivity contribution in [2.75, 3.05) is 6.54 Å². The van der Waals surface area contributed by atoms with Crippen molar-refractivity contribution in [3.8, 4) is 0 Å². The van der Waals surface area contributed by atoms with E-state index in [0.717, 1.165) is 18.4 Å². The molecule has 1 heterocycles. The summed E-state index contributed by atoms with van der Waals surface area (Å²) in [6, 6.07) is 10.3. The summed E-state index contributed by atoms with van der Waals surface area (Å²) in [4.78, 5) is 14.3. The largest absolute Gasteiger partial charge is 0.368 e. The first-order valence-corrected chi connectivity index (χ1v) is 7.35. The van der Waals surface area contributed by atoms with Crippen LogP contribution in [0, 0.1) is 0 Å². The number of amides is 1. The smallest absolute Gasteiger partial charge is 0.243 e. The molecule has 3 atom stereocenters. The van der Waals surface area contributed by atoms with Gasteiger partial charge in [0.15, 0.2) is 0 Å². The Kier molecular flexibility index (Phi) is 4.45. The summed E-state index contributed by atoms with van der Waals surface area (Å²) in [5.74, 6) is -0.464. The maximum Gasteiger partial charge on any atom is 0.243 e. The van der Waals surface area contributed by atoms with Gasteiger partial charge in [0.25, 0.3) is 0 Å². The second-order valence-electron chi connectivity index (χ2n) is 6.00. The molecule has 20 heavy (non-hydrogen) atoms. The van der Waals surface area contributed by atoms with Crippen molar-refractivity contribution in [3.05, 3.63) is 35.9 Å². The third kappa shape index (κ3) is 2.86. The van der Waals surface area contributed by atoms with Crippen molar-refractivity contribution in [2.45, 2.75) is 50.7 Å². The summed E-state index contributed by atoms with van der Waals surface area (Å²) in [5, 5.41) is 0. The molecule has 0 aromatic heterocycles. The van der Waals surface area contributed by atoms with Crippen LogP contribution in [0.25, 0.3) is 0 Å². The summed E-state index contributed by atoms with van der Waals surface area (Å²) >= 11 is 0. The third-order valence-electron chi connectivity index (χ3n) is 4.54. The number of likely N-dealkylation sites (tertiary alicyclic amines) is 1. The fraction of sp³-hybridized carbons (Fsp3) is 0.562. The SMILES string of the molecule is CC1CCCC(C)N1CC(N)(C(N)=O)c1ccccc1. The maximum absolute atomic E-state index is 12.0. The Balaban J connectivity index is 2.28. The van der Waals surface area contributed by atoms with Crippen molar-refractivity contribution in [1.29, 1.82) is 0 Å². The van der Waals surface area contributed by atoms with Gasteiger partial charge in [0, 0.05) is 18.6 Å². The lowest BCUT2D eigenvalue weighted by molar-refractivity contribution is -0.125. The van der Waals surface area contributed by atoms with Crippen LogP contribution < -0.4 is 11.5 Å². The van der Waals surface area contributed by atoms with E-state index in [2.05, 4.69) is 18.7 Å². The molecule has 0 spiro atoms. The Bertz CT molecular complexity index is 452. The van der Waals surface area contributed by atoms with Gasteiger partial charge in [-0.3, -0.25) is 9.69 Å². The van der Waals surface area contributed by atoms with Gasteiger partial charge in [-0.1, -0.05) is 36.8 Å². The van der Waals surface area contributed by atoms with Gasteiger partial charge in [-0.15, -0.1) is 0 Å². The molecule has 1 aliphatic rings. The van der Waals surface area contributed by atoms with E-state index < -0.39 is 11.4 Å². The van der Waals surface area contributed by atoms with E-state index in [4.69, 9.17) is 11.5 Å². The van der Waals surface area contributed by atoms with Gasteiger partial charge in [0.05, 0.1) is 0 Å². The molecule has 1 saturated heterocycles. The zero-order chi connectivity index (χ0) is 14.8. The molecule has 1 amide bonds. The molecule has 1 aliphatic heterocycles. The number of benzene rings is 1. The predicted octanol–water partition coefficient (Wildman–Crippen LogP) is 1.59. The van der Waals surface area contributed by atoms with Crippen LogP contribution in [0.4, 0.5) is 0 Å².